The summed E-state index contributed by atoms with van der Waals surface area (Å²) in [6, 6.07) is 0. The number of aldehydes is 1. The molecule has 29 heavy (non-hydrogen) atoms. The predicted octanol–water partition coefficient (Wildman–Crippen LogP) is 4.16. The van der Waals surface area contributed by atoms with Gasteiger partial charge in [0.15, 0.2) is 0 Å². The van der Waals surface area contributed by atoms with Crippen molar-refractivity contribution in [2.75, 3.05) is 0 Å². The van der Waals surface area contributed by atoms with Crippen molar-refractivity contribution in [3.63, 3.8) is 0 Å². The summed E-state index contributed by atoms with van der Waals surface area (Å²) in [6.07, 6.45) is 8.61. The van der Waals surface area contributed by atoms with Gasteiger partial charge >= 0.3 is 0 Å². The minimum atomic E-state index is -1.06. The highest BCUT2D eigenvalue weighted by Crippen LogP contribution is 2.72. The molecule has 2 N–H and O–H groups in total. The largest absolute Gasteiger partial charge is 0.393 e. The molecule has 0 saturated heterocycles. The minimum absolute atomic E-state index is 0.192. The van der Waals surface area contributed by atoms with E-state index < -0.39 is 11.7 Å². The fourth-order valence-electron chi connectivity index (χ4n) is 8.97. The average Bonchev–Trinajstić information content (AvgIpc) is 3.09. The van der Waals surface area contributed by atoms with Crippen molar-refractivity contribution >= 4 is 12.1 Å². The average molecular weight is 405 g/mol. The maximum absolute atomic E-state index is 12.4. The van der Waals surface area contributed by atoms with Crippen LogP contribution in [0, 0.1) is 46.3 Å². The summed E-state index contributed by atoms with van der Waals surface area (Å²) in [5.41, 5.74) is -1.13. The molecule has 0 radical (unpaired) electrons. The molecule has 0 aromatic carbocycles. The lowest BCUT2D eigenvalue weighted by Crippen LogP contribution is -2.54. The number of Topliss-reactive ketones (excluding diaryl/α,β-unsaturated/α-hetero) is 1. The second-order valence-corrected chi connectivity index (χ2v) is 11.6. The van der Waals surface area contributed by atoms with E-state index in [2.05, 4.69) is 20.8 Å². The third-order valence-electron chi connectivity index (χ3n) is 10.5. The van der Waals surface area contributed by atoms with Gasteiger partial charge in [-0.15, -0.1) is 0 Å². The number of aliphatic hydroxyl groups is 2. The number of carbonyl (C=O) groups excluding carboxylic acids is 2. The molecule has 3 unspecified atom stereocenters. The van der Waals surface area contributed by atoms with Crippen molar-refractivity contribution in [1.29, 1.82) is 0 Å². The van der Waals surface area contributed by atoms with Gasteiger partial charge in [0.1, 0.15) is 12.1 Å². The number of fused-ring (bicyclic) bond motifs is 5. The van der Waals surface area contributed by atoms with Crippen molar-refractivity contribution < 1.29 is 19.8 Å². The van der Waals surface area contributed by atoms with Crippen LogP contribution in [-0.4, -0.2) is 34.0 Å². The summed E-state index contributed by atoms with van der Waals surface area (Å²) in [6.45, 7) is 8.62. The number of hydrogen-bond donors (Lipinski definition) is 2. The Morgan fingerprint density at radius 2 is 1.86 bits per heavy atom. The summed E-state index contributed by atoms with van der Waals surface area (Å²) in [5, 5.41) is 22.2. The van der Waals surface area contributed by atoms with Crippen LogP contribution in [0.2, 0.25) is 0 Å². The SMILES string of the molecule is CC(=O)CC[C@@H](C)[C@H]1CCC2C3C(CC[C@@]21C)[C@@]1(C)CC[C@H](O)C[C@@]1(O)[C@@H]3C=O. The number of aliphatic hydroxyl groups excluding tert-OH is 1. The fraction of sp³-hybridized carbons (Fsp3) is 0.920. The zero-order chi connectivity index (χ0) is 21.2. The van der Waals surface area contributed by atoms with Gasteiger partial charge in [-0.25, -0.2) is 0 Å². The van der Waals surface area contributed by atoms with E-state index in [1.54, 1.807) is 6.92 Å². The highest BCUT2D eigenvalue weighted by molar-refractivity contribution is 5.75. The molecule has 0 aromatic heterocycles. The lowest BCUT2D eigenvalue weighted by atomic mass is 9.53. The third-order valence-corrected chi connectivity index (χ3v) is 10.5. The molecule has 4 aliphatic rings. The highest BCUT2D eigenvalue weighted by Gasteiger charge is 2.72. The van der Waals surface area contributed by atoms with Gasteiger partial charge in [-0.3, -0.25) is 0 Å². The van der Waals surface area contributed by atoms with Gasteiger partial charge in [0.25, 0.3) is 0 Å². The third kappa shape index (κ3) is 2.91. The molecule has 0 aromatic rings. The Kier molecular flexibility index (Phi) is 5.30. The standard InChI is InChI=1S/C25H40O4/c1-15(5-6-16(2)27)18-7-8-19-22-20(10-11-23(18,19)3)24(4)12-9-17(28)13-25(24,29)21(22)14-26/h14-15,17-22,28-29H,5-13H2,1-4H3/t15-,17+,18-,19?,20?,21-,22?,23-,24-,25-/m1/s1. The highest BCUT2D eigenvalue weighted by atomic mass is 16.3. The van der Waals surface area contributed by atoms with Crippen molar-refractivity contribution in [3.8, 4) is 0 Å². The molecule has 10 atom stereocenters. The van der Waals surface area contributed by atoms with Crippen LogP contribution >= 0.6 is 0 Å². The van der Waals surface area contributed by atoms with Gasteiger partial charge in [0, 0.05) is 24.2 Å². The molecule has 0 spiro atoms. The van der Waals surface area contributed by atoms with E-state index in [0.29, 0.717) is 36.5 Å². The number of hydrogen-bond acceptors (Lipinski definition) is 4. The van der Waals surface area contributed by atoms with E-state index in [-0.39, 0.29) is 28.4 Å². The Bertz CT molecular complexity index is 676. The van der Waals surface area contributed by atoms with E-state index in [1.165, 1.54) is 6.42 Å². The molecule has 4 fully saturated rings. The number of ketones is 1. The van der Waals surface area contributed by atoms with Gasteiger partial charge in [-0.2, -0.15) is 0 Å². The van der Waals surface area contributed by atoms with E-state index in [1.807, 2.05) is 0 Å². The number of carbonyl (C=O) groups is 2. The van der Waals surface area contributed by atoms with Crippen molar-refractivity contribution in [2.24, 2.45) is 46.3 Å². The van der Waals surface area contributed by atoms with Crippen molar-refractivity contribution in [1.82, 2.24) is 0 Å². The van der Waals surface area contributed by atoms with Crippen LogP contribution in [0.5, 0.6) is 0 Å². The molecule has 4 aliphatic carbocycles. The van der Waals surface area contributed by atoms with Gasteiger partial charge in [0.05, 0.1) is 11.7 Å². The predicted molar refractivity (Wildman–Crippen MR) is 112 cm³/mol. The molecule has 4 heteroatoms. The van der Waals surface area contributed by atoms with Gasteiger partial charge in [-0.05, 0) is 86.9 Å². The van der Waals surface area contributed by atoms with Crippen LogP contribution in [0.1, 0.15) is 85.5 Å². The minimum Gasteiger partial charge on any atom is -0.393 e. The first kappa shape index (κ1) is 21.5. The van der Waals surface area contributed by atoms with Crippen LogP contribution < -0.4 is 0 Å². The molecule has 0 aliphatic heterocycles. The van der Waals surface area contributed by atoms with E-state index in [0.717, 1.165) is 44.8 Å². The van der Waals surface area contributed by atoms with Crippen LogP contribution in [0.25, 0.3) is 0 Å². The molecule has 4 saturated carbocycles. The molecule has 0 amide bonds. The summed E-state index contributed by atoms with van der Waals surface area (Å²) in [7, 11) is 0. The first-order valence-corrected chi connectivity index (χ1v) is 11.9. The maximum Gasteiger partial charge on any atom is 0.129 e. The van der Waals surface area contributed by atoms with Gasteiger partial charge in [-0.1, -0.05) is 20.8 Å². The van der Waals surface area contributed by atoms with Crippen molar-refractivity contribution in [3.05, 3.63) is 0 Å². The van der Waals surface area contributed by atoms with E-state index >= 15 is 0 Å². The Morgan fingerprint density at radius 3 is 2.52 bits per heavy atom. The first-order valence-electron chi connectivity index (χ1n) is 11.9. The van der Waals surface area contributed by atoms with Crippen LogP contribution in [0.3, 0.4) is 0 Å². The van der Waals surface area contributed by atoms with Crippen LogP contribution in [-0.2, 0) is 9.59 Å². The lowest BCUT2D eigenvalue weighted by molar-refractivity contribution is -0.156. The molecule has 164 valence electrons. The smallest absolute Gasteiger partial charge is 0.129 e. The Hall–Kier alpha value is -0.740. The molecule has 0 bridgehead atoms. The molecule has 4 nitrogen and oxygen atoms in total. The Labute approximate surface area is 175 Å². The molecular weight excluding hydrogens is 364 g/mol. The quantitative estimate of drug-likeness (QED) is 0.675. The van der Waals surface area contributed by atoms with Crippen LogP contribution in [0.4, 0.5) is 0 Å². The summed E-state index contributed by atoms with van der Waals surface area (Å²) in [5.74, 6) is 2.10. The zero-order valence-electron chi connectivity index (χ0n) is 18.7. The summed E-state index contributed by atoms with van der Waals surface area (Å²) < 4.78 is 0. The maximum atomic E-state index is 12.4. The van der Waals surface area contributed by atoms with E-state index in [9.17, 15) is 19.8 Å². The lowest BCUT2D eigenvalue weighted by Gasteiger charge is -2.52. The first-order chi connectivity index (χ1) is 13.6. The van der Waals surface area contributed by atoms with Crippen LogP contribution in [0.15, 0.2) is 0 Å². The van der Waals surface area contributed by atoms with E-state index in [4.69, 9.17) is 0 Å². The topological polar surface area (TPSA) is 74.6 Å². The number of rotatable bonds is 5. The molecule has 0 heterocycles. The van der Waals surface area contributed by atoms with Gasteiger partial charge < -0.3 is 19.8 Å². The second-order valence-electron chi connectivity index (χ2n) is 11.6. The zero-order valence-corrected chi connectivity index (χ0v) is 18.7. The van der Waals surface area contributed by atoms with Gasteiger partial charge in [0.2, 0.25) is 0 Å². The second kappa shape index (κ2) is 7.15. The Balaban J connectivity index is 1.65. The summed E-state index contributed by atoms with van der Waals surface area (Å²) >= 11 is 0. The molecular formula is C25H40O4. The molecule has 4 rings (SSSR count). The van der Waals surface area contributed by atoms with Crippen molar-refractivity contribution in [2.45, 2.75) is 97.2 Å². The summed E-state index contributed by atoms with van der Waals surface area (Å²) in [4.78, 5) is 23.9. The Morgan fingerprint density at radius 1 is 1.14 bits per heavy atom. The normalized spacial score (nSPS) is 52.3. The monoisotopic (exact) mass is 404 g/mol. The fourth-order valence-corrected chi connectivity index (χ4v) is 8.97.